The van der Waals surface area contributed by atoms with Gasteiger partial charge < -0.3 is 10.1 Å². The van der Waals surface area contributed by atoms with Crippen molar-refractivity contribution in [2.75, 3.05) is 32.1 Å². The predicted molar refractivity (Wildman–Crippen MR) is 74.4 cm³/mol. The summed E-state index contributed by atoms with van der Waals surface area (Å²) in [6.45, 7) is 1.95. The average molecular weight is 304 g/mol. The van der Waals surface area contributed by atoms with Gasteiger partial charge in [-0.25, -0.2) is 0 Å². The molecule has 1 rings (SSSR count). The second-order valence-electron chi connectivity index (χ2n) is 4.58. The second-order valence-corrected chi connectivity index (χ2v) is 4.58. The van der Waals surface area contributed by atoms with Gasteiger partial charge in [-0.3, -0.25) is 9.69 Å². The fourth-order valence-corrected chi connectivity index (χ4v) is 1.68. The minimum Gasteiger partial charge on any atom is -0.492 e. The molecule has 0 aliphatic carbocycles. The highest BCUT2D eigenvalue weighted by Gasteiger charge is 2.27. The summed E-state index contributed by atoms with van der Waals surface area (Å²) in [4.78, 5) is 13.1. The topological polar surface area (TPSA) is 41.6 Å². The molecular formula is C14H19F3N2O2. The first-order valence-electron chi connectivity index (χ1n) is 6.59. The predicted octanol–water partition coefficient (Wildman–Crippen LogP) is 2.91. The van der Waals surface area contributed by atoms with E-state index in [2.05, 4.69) is 5.32 Å². The number of carbonyl (C=O) groups is 1. The van der Waals surface area contributed by atoms with Crippen LogP contribution in [-0.2, 0) is 4.79 Å². The van der Waals surface area contributed by atoms with Crippen LogP contribution in [0.25, 0.3) is 0 Å². The molecule has 0 aliphatic heterocycles. The first-order chi connectivity index (χ1) is 9.81. The normalized spacial score (nSPS) is 11.5. The zero-order valence-corrected chi connectivity index (χ0v) is 12.0. The van der Waals surface area contributed by atoms with E-state index in [1.807, 2.05) is 6.92 Å². The van der Waals surface area contributed by atoms with E-state index in [-0.39, 0.29) is 19.0 Å². The SMILES string of the molecule is CCOc1ccccc1NC(=O)CN(C)CCC(F)(F)F. The Morgan fingerprint density at radius 1 is 1.33 bits per heavy atom. The van der Waals surface area contributed by atoms with Crippen LogP contribution in [0.4, 0.5) is 18.9 Å². The van der Waals surface area contributed by atoms with Gasteiger partial charge in [0.1, 0.15) is 5.75 Å². The largest absolute Gasteiger partial charge is 0.492 e. The Morgan fingerprint density at radius 3 is 2.62 bits per heavy atom. The van der Waals surface area contributed by atoms with Gasteiger partial charge in [-0.2, -0.15) is 13.2 Å². The molecule has 0 aromatic heterocycles. The molecule has 0 unspecified atom stereocenters. The zero-order valence-electron chi connectivity index (χ0n) is 12.0. The van der Waals surface area contributed by atoms with E-state index in [0.29, 0.717) is 18.0 Å². The van der Waals surface area contributed by atoms with Crippen LogP contribution in [0.2, 0.25) is 0 Å². The third-order valence-corrected chi connectivity index (χ3v) is 2.65. The van der Waals surface area contributed by atoms with Crippen molar-refractivity contribution in [1.82, 2.24) is 4.90 Å². The summed E-state index contributed by atoms with van der Waals surface area (Å²) in [5.74, 6) is 0.151. The molecule has 7 heteroatoms. The molecule has 1 N–H and O–H groups in total. The second kappa shape index (κ2) is 7.87. The van der Waals surface area contributed by atoms with E-state index in [0.717, 1.165) is 0 Å². The van der Waals surface area contributed by atoms with Crippen LogP contribution in [-0.4, -0.2) is 43.7 Å². The Bertz CT molecular complexity index is 464. The van der Waals surface area contributed by atoms with E-state index < -0.39 is 12.6 Å². The molecule has 21 heavy (non-hydrogen) atoms. The van der Waals surface area contributed by atoms with Crippen molar-refractivity contribution in [2.24, 2.45) is 0 Å². The maximum Gasteiger partial charge on any atom is 0.390 e. The van der Waals surface area contributed by atoms with Crippen molar-refractivity contribution in [3.63, 3.8) is 0 Å². The first-order valence-corrected chi connectivity index (χ1v) is 6.59. The molecule has 118 valence electrons. The van der Waals surface area contributed by atoms with Crippen molar-refractivity contribution in [3.05, 3.63) is 24.3 Å². The lowest BCUT2D eigenvalue weighted by molar-refractivity contribution is -0.138. The van der Waals surface area contributed by atoms with Gasteiger partial charge in [0, 0.05) is 6.54 Å². The summed E-state index contributed by atoms with van der Waals surface area (Å²) in [7, 11) is 1.47. The molecule has 0 heterocycles. The number of nitrogens with one attached hydrogen (secondary N) is 1. The highest BCUT2D eigenvalue weighted by molar-refractivity contribution is 5.93. The summed E-state index contributed by atoms with van der Waals surface area (Å²) in [5.41, 5.74) is 0.508. The molecule has 0 aliphatic rings. The molecule has 0 saturated heterocycles. The van der Waals surface area contributed by atoms with Crippen molar-refractivity contribution in [1.29, 1.82) is 0 Å². The molecule has 1 amide bonds. The number of nitrogens with zero attached hydrogens (tertiary/aromatic N) is 1. The minimum atomic E-state index is -4.22. The van der Waals surface area contributed by atoms with Crippen LogP contribution in [0.15, 0.2) is 24.3 Å². The summed E-state index contributed by atoms with van der Waals surface area (Å²) in [6, 6.07) is 6.91. The molecule has 0 radical (unpaired) electrons. The highest BCUT2D eigenvalue weighted by Crippen LogP contribution is 2.23. The van der Waals surface area contributed by atoms with E-state index in [4.69, 9.17) is 4.74 Å². The molecule has 0 atom stereocenters. The van der Waals surface area contributed by atoms with Crippen LogP contribution in [0.1, 0.15) is 13.3 Å². The van der Waals surface area contributed by atoms with Crippen molar-refractivity contribution in [2.45, 2.75) is 19.5 Å². The van der Waals surface area contributed by atoms with E-state index in [1.165, 1.54) is 11.9 Å². The van der Waals surface area contributed by atoms with Gasteiger partial charge in [0.25, 0.3) is 0 Å². The number of carbonyl (C=O) groups excluding carboxylic acids is 1. The third-order valence-electron chi connectivity index (χ3n) is 2.65. The maximum absolute atomic E-state index is 12.1. The number of hydrogen-bond donors (Lipinski definition) is 1. The number of ether oxygens (including phenoxy) is 1. The number of halogens is 3. The highest BCUT2D eigenvalue weighted by atomic mass is 19.4. The minimum absolute atomic E-state index is 0.115. The van der Waals surface area contributed by atoms with Gasteiger partial charge in [0.2, 0.25) is 5.91 Å². The third kappa shape index (κ3) is 6.99. The maximum atomic E-state index is 12.1. The Labute approximate surface area is 121 Å². The molecule has 0 bridgehead atoms. The summed E-state index contributed by atoms with van der Waals surface area (Å²) in [5, 5.41) is 2.64. The lowest BCUT2D eigenvalue weighted by Gasteiger charge is -2.18. The monoisotopic (exact) mass is 304 g/mol. The Hall–Kier alpha value is -1.76. The molecular weight excluding hydrogens is 285 g/mol. The number of benzene rings is 1. The lowest BCUT2D eigenvalue weighted by Crippen LogP contribution is -2.32. The zero-order chi connectivity index (χ0) is 15.9. The van der Waals surface area contributed by atoms with Crippen LogP contribution in [0.5, 0.6) is 5.75 Å². The summed E-state index contributed by atoms with van der Waals surface area (Å²) in [6.07, 6.45) is -5.15. The standard InChI is InChI=1S/C14H19F3N2O2/c1-3-21-12-7-5-4-6-11(12)18-13(20)10-19(2)9-8-14(15,16)17/h4-7H,3,8-10H2,1-2H3,(H,18,20). The number of anilines is 1. The fraction of sp³-hybridized carbons (Fsp3) is 0.500. The quantitative estimate of drug-likeness (QED) is 0.842. The Balaban J connectivity index is 2.50. The van der Waals surface area contributed by atoms with Crippen LogP contribution in [0.3, 0.4) is 0 Å². The Morgan fingerprint density at radius 2 is 2.00 bits per heavy atom. The number of amides is 1. The molecule has 0 saturated carbocycles. The van der Waals surface area contributed by atoms with E-state index in [1.54, 1.807) is 24.3 Å². The van der Waals surface area contributed by atoms with Crippen LogP contribution in [0, 0.1) is 0 Å². The van der Waals surface area contributed by atoms with Crippen molar-refractivity contribution < 1.29 is 22.7 Å². The smallest absolute Gasteiger partial charge is 0.390 e. The van der Waals surface area contributed by atoms with Crippen LogP contribution >= 0.6 is 0 Å². The first kappa shape index (κ1) is 17.3. The molecule has 1 aromatic rings. The Kier molecular flexibility index (Phi) is 6.48. The van der Waals surface area contributed by atoms with E-state index in [9.17, 15) is 18.0 Å². The van der Waals surface area contributed by atoms with Crippen molar-refractivity contribution >= 4 is 11.6 Å². The fourth-order valence-electron chi connectivity index (χ4n) is 1.68. The molecule has 0 fully saturated rings. The van der Waals surface area contributed by atoms with E-state index >= 15 is 0 Å². The van der Waals surface area contributed by atoms with Gasteiger partial charge in [-0.15, -0.1) is 0 Å². The average Bonchev–Trinajstić information content (AvgIpc) is 2.38. The molecule has 4 nitrogen and oxygen atoms in total. The van der Waals surface area contributed by atoms with Gasteiger partial charge >= 0.3 is 6.18 Å². The van der Waals surface area contributed by atoms with Crippen molar-refractivity contribution in [3.8, 4) is 5.75 Å². The van der Waals surface area contributed by atoms with Crippen LogP contribution < -0.4 is 10.1 Å². The van der Waals surface area contributed by atoms with Gasteiger partial charge in [-0.05, 0) is 26.1 Å². The number of alkyl halides is 3. The number of likely N-dealkylation sites (N-methyl/N-ethyl adjacent to an activating group) is 1. The number of rotatable bonds is 7. The number of para-hydroxylation sites is 2. The summed E-state index contributed by atoms with van der Waals surface area (Å²) >= 11 is 0. The van der Waals surface area contributed by atoms with Gasteiger partial charge in [0.15, 0.2) is 0 Å². The summed E-state index contributed by atoms with van der Waals surface area (Å²) < 4.78 is 41.6. The van der Waals surface area contributed by atoms with Gasteiger partial charge in [0.05, 0.1) is 25.3 Å². The number of hydrogen-bond acceptors (Lipinski definition) is 3. The molecule has 1 aromatic carbocycles. The molecule has 0 spiro atoms. The van der Waals surface area contributed by atoms with Gasteiger partial charge in [-0.1, -0.05) is 12.1 Å². The lowest BCUT2D eigenvalue weighted by atomic mass is 10.3.